The predicted octanol–water partition coefficient (Wildman–Crippen LogP) is 2.89. The zero-order chi connectivity index (χ0) is 16.8. The Morgan fingerprint density at radius 3 is 2.80 bits per heavy atom. The van der Waals surface area contributed by atoms with Crippen molar-refractivity contribution >= 4 is 28.0 Å². The molecule has 7 heteroatoms. The fourth-order valence-corrected chi connectivity index (χ4v) is 3.60. The molecule has 1 fully saturated rings. The molecule has 5 rings (SSSR count). The first kappa shape index (κ1) is 14.4. The fourth-order valence-electron chi connectivity index (χ4n) is 3.60. The van der Waals surface area contributed by atoms with Crippen LogP contribution in [0.3, 0.4) is 0 Å². The standard InChI is InChI=1S/C18H18N6O/c1-23-16-13(10-21-23)17(20-11-19-16)24-8-6-12(7-9-24)18-22-14-4-2-3-5-15(14)25-18/h2-5,10-12H,6-9H2,1H3. The number of hydrogen-bond acceptors (Lipinski definition) is 6. The smallest absolute Gasteiger partial charge is 0.198 e. The molecule has 0 saturated carbocycles. The summed E-state index contributed by atoms with van der Waals surface area (Å²) >= 11 is 0. The quantitative estimate of drug-likeness (QED) is 0.561. The molecule has 0 amide bonds. The second-order valence-electron chi connectivity index (χ2n) is 6.48. The molecule has 1 aliphatic rings. The van der Waals surface area contributed by atoms with Gasteiger partial charge in [0, 0.05) is 26.1 Å². The van der Waals surface area contributed by atoms with Gasteiger partial charge in [-0.15, -0.1) is 0 Å². The van der Waals surface area contributed by atoms with Crippen molar-refractivity contribution in [2.45, 2.75) is 18.8 Å². The van der Waals surface area contributed by atoms with E-state index in [-0.39, 0.29) is 0 Å². The Kier molecular flexibility index (Phi) is 3.19. The number of hydrogen-bond donors (Lipinski definition) is 0. The van der Waals surface area contributed by atoms with E-state index < -0.39 is 0 Å². The predicted molar refractivity (Wildman–Crippen MR) is 94.5 cm³/mol. The average Bonchev–Trinajstić information content (AvgIpc) is 3.26. The molecule has 1 saturated heterocycles. The summed E-state index contributed by atoms with van der Waals surface area (Å²) in [6.45, 7) is 1.84. The van der Waals surface area contributed by atoms with Crippen LogP contribution in [0, 0.1) is 0 Å². The minimum atomic E-state index is 0.356. The molecule has 1 aliphatic heterocycles. The molecular weight excluding hydrogens is 316 g/mol. The van der Waals surface area contributed by atoms with Gasteiger partial charge in [-0.1, -0.05) is 12.1 Å². The molecular formula is C18H18N6O. The second kappa shape index (κ2) is 5.54. The first-order valence-corrected chi connectivity index (χ1v) is 8.53. The molecule has 0 aliphatic carbocycles. The number of oxazole rings is 1. The average molecular weight is 334 g/mol. The molecule has 0 bridgehead atoms. The van der Waals surface area contributed by atoms with E-state index in [9.17, 15) is 0 Å². The lowest BCUT2D eigenvalue weighted by molar-refractivity contribution is 0.407. The number of aromatic nitrogens is 5. The number of nitrogens with zero attached hydrogens (tertiary/aromatic N) is 6. The number of aryl methyl sites for hydroxylation is 1. The van der Waals surface area contributed by atoms with Gasteiger partial charge in [-0.05, 0) is 25.0 Å². The molecule has 3 aromatic heterocycles. The van der Waals surface area contributed by atoms with Gasteiger partial charge in [0.05, 0.1) is 11.6 Å². The molecule has 4 heterocycles. The number of benzene rings is 1. The van der Waals surface area contributed by atoms with Crippen molar-refractivity contribution in [3.05, 3.63) is 42.7 Å². The summed E-state index contributed by atoms with van der Waals surface area (Å²) in [7, 11) is 1.90. The Hall–Kier alpha value is -2.96. The highest BCUT2D eigenvalue weighted by molar-refractivity contribution is 5.86. The lowest BCUT2D eigenvalue weighted by atomic mass is 9.96. The fraction of sp³-hybridized carbons (Fsp3) is 0.333. The number of para-hydroxylation sites is 2. The molecule has 4 aromatic rings. The van der Waals surface area contributed by atoms with Gasteiger partial charge in [-0.25, -0.2) is 15.0 Å². The summed E-state index contributed by atoms with van der Waals surface area (Å²) in [6.07, 6.45) is 5.46. The van der Waals surface area contributed by atoms with E-state index in [1.165, 1.54) is 0 Å². The first-order chi connectivity index (χ1) is 12.3. The molecule has 126 valence electrons. The van der Waals surface area contributed by atoms with Crippen LogP contribution in [0.5, 0.6) is 0 Å². The minimum Gasteiger partial charge on any atom is -0.440 e. The van der Waals surface area contributed by atoms with Crippen molar-refractivity contribution in [3.8, 4) is 0 Å². The van der Waals surface area contributed by atoms with Crippen LogP contribution in [0.25, 0.3) is 22.1 Å². The summed E-state index contributed by atoms with van der Waals surface area (Å²) in [5, 5.41) is 5.31. The van der Waals surface area contributed by atoms with Crippen molar-refractivity contribution in [1.82, 2.24) is 24.7 Å². The van der Waals surface area contributed by atoms with Gasteiger partial charge in [0.2, 0.25) is 0 Å². The number of rotatable bonds is 2. The van der Waals surface area contributed by atoms with Crippen LogP contribution in [0.4, 0.5) is 5.82 Å². The van der Waals surface area contributed by atoms with Crippen LogP contribution >= 0.6 is 0 Å². The molecule has 25 heavy (non-hydrogen) atoms. The molecule has 7 nitrogen and oxygen atoms in total. The maximum absolute atomic E-state index is 5.95. The molecule has 0 unspecified atom stereocenters. The van der Waals surface area contributed by atoms with Gasteiger partial charge in [0.25, 0.3) is 0 Å². The lowest BCUT2D eigenvalue weighted by Gasteiger charge is -2.31. The summed E-state index contributed by atoms with van der Waals surface area (Å²) in [6, 6.07) is 7.94. The van der Waals surface area contributed by atoms with E-state index in [4.69, 9.17) is 4.42 Å². The van der Waals surface area contributed by atoms with Gasteiger partial charge < -0.3 is 9.32 Å². The number of anilines is 1. The van der Waals surface area contributed by atoms with E-state index in [0.29, 0.717) is 5.92 Å². The zero-order valence-corrected chi connectivity index (χ0v) is 14.0. The summed E-state index contributed by atoms with van der Waals surface area (Å²) in [5.41, 5.74) is 2.67. The van der Waals surface area contributed by atoms with Crippen LogP contribution in [0.1, 0.15) is 24.7 Å². The van der Waals surface area contributed by atoms with Gasteiger partial charge in [-0.3, -0.25) is 4.68 Å². The first-order valence-electron chi connectivity index (χ1n) is 8.53. The largest absolute Gasteiger partial charge is 0.440 e. The highest BCUT2D eigenvalue weighted by Gasteiger charge is 2.26. The highest BCUT2D eigenvalue weighted by atomic mass is 16.3. The minimum absolute atomic E-state index is 0.356. The maximum atomic E-state index is 5.95. The van der Waals surface area contributed by atoms with Gasteiger partial charge in [-0.2, -0.15) is 5.10 Å². The van der Waals surface area contributed by atoms with Crippen molar-refractivity contribution in [1.29, 1.82) is 0 Å². The van der Waals surface area contributed by atoms with E-state index in [1.807, 2.05) is 37.5 Å². The SMILES string of the molecule is Cn1ncc2c(N3CCC(c4nc5ccccc5o4)CC3)ncnc21. The van der Waals surface area contributed by atoms with Gasteiger partial charge in [0.1, 0.15) is 17.7 Å². The van der Waals surface area contributed by atoms with Crippen LogP contribution in [-0.2, 0) is 7.05 Å². The second-order valence-corrected chi connectivity index (χ2v) is 6.48. The van der Waals surface area contributed by atoms with Crippen LogP contribution in [-0.4, -0.2) is 37.8 Å². The van der Waals surface area contributed by atoms with Gasteiger partial charge >= 0.3 is 0 Å². The molecule has 0 spiro atoms. The van der Waals surface area contributed by atoms with Crippen LogP contribution in [0.15, 0.2) is 41.2 Å². The van der Waals surface area contributed by atoms with Crippen molar-refractivity contribution < 1.29 is 4.42 Å². The maximum Gasteiger partial charge on any atom is 0.198 e. The number of piperidine rings is 1. The Balaban J connectivity index is 1.38. The zero-order valence-electron chi connectivity index (χ0n) is 14.0. The number of fused-ring (bicyclic) bond motifs is 2. The van der Waals surface area contributed by atoms with E-state index >= 15 is 0 Å². The lowest BCUT2D eigenvalue weighted by Crippen LogP contribution is -2.33. The normalized spacial score (nSPS) is 16.1. The van der Waals surface area contributed by atoms with E-state index in [0.717, 1.165) is 59.8 Å². The molecule has 0 N–H and O–H groups in total. The Morgan fingerprint density at radius 1 is 1.12 bits per heavy atom. The third kappa shape index (κ3) is 2.34. The monoisotopic (exact) mass is 334 g/mol. The van der Waals surface area contributed by atoms with E-state index in [2.05, 4.69) is 25.0 Å². The molecule has 0 radical (unpaired) electrons. The third-order valence-corrected chi connectivity index (χ3v) is 4.96. The van der Waals surface area contributed by atoms with Crippen LogP contribution in [0.2, 0.25) is 0 Å². The Labute approximate surface area is 144 Å². The summed E-state index contributed by atoms with van der Waals surface area (Å²) in [4.78, 5) is 15.8. The van der Waals surface area contributed by atoms with E-state index in [1.54, 1.807) is 11.0 Å². The summed E-state index contributed by atoms with van der Waals surface area (Å²) < 4.78 is 7.74. The summed E-state index contributed by atoms with van der Waals surface area (Å²) in [5.74, 6) is 2.18. The van der Waals surface area contributed by atoms with Crippen molar-refractivity contribution in [2.24, 2.45) is 7.05 Å². The Morgan fingerprint density at radius 2 is 1.96 bits per heavy atom. The highest BCUT2D eigenvalue weighted by Crippen LogP contribution is 2.32. The topological polar surface area (TPSA) is 72.9 Å². The third-order valence-electron chi connectivity index (χ3n) is 4.96. The van der Waals surface area contributed by atoms with Crippen molar-refractivity contribution in [2.75, 3.05) is 18.0 Å². The van der Waals surface area contributed by atoms with Gasteiger partial charge in [0.15, 0.2) is 17.1 Å². The molecule has 0 atom stereocenters. The van der Waals surface area contributed by atoms with Crippen LogP contribution < -0.4 is 4.90 Å². The van der Waals surface area contributed by atoms with Crippen molar-refractivity contribution in [3.63, 3.8) is 0 Å². The Bertz CT molecular complexity index is 1010. The molecule has 1 aromatic carbocycles.